The Morgan fingerprint density at radius 2 is 1.85 bits per heavy atom. The highest BCUT2D eigenvalue weighted by Crippen LogP contribution is 2.47. The van der Waals surface area contributed by atoms with Gasteiger partial charge in [-0.2, -0.15) is 11.8 Å². The fraction of sp³-hybridized carbons (Fsp3) is 0.442. The molecule has 52 heavy (non-hydrogen) atoms. The number of hydrogen-bond donors (Lipinski definition) is 2. The third-order valence-electron chi connectivity index (χ3n) is 11.1. The molecule has 274 valence electrons. The number of nitrogen functional groups attached to an aromatic ring is 1. The number of amides is 1. The van der Waals surface area contributed by atoms with Crippen molar-refractivity contribution in [2.75, 3.05) is 51.1 Å². The van der Waals surface area contributed by atoms with Crippen molar-refractivity contribution in [3.8, 4) is 11.5 Å². The number of nitrogens with two attached hydrogens (primary N) is 1. The maximum absolute atomic E-state index is 12.6. The summed E-state index contributed by atoms with van der Waals surface area (Å²) in [5.74, 6) is 4.58. The summed E-state index contributed by atoms with van der Waals surface area (Å²) in [6.07, 6.45) is 11.5. The normalized spacial score (nSPS) is 19.4. The summed E-state index contributed by atoms with van der Waals surface area (Å²) in [4.78, 5) is 20.2. The van der Waals surface area contributed by atoms with Gasteiger partial charge >= 0.3 is 0 Å². The molecule has 0 fully saturated rings. The van der Waals surface area contributed by atoms with E-state index in [1.54, 1.807) is 14.2 Å². The van der Waals surface area contributed by atoms with E-state index in [4.69, 9.17) is 31.8 Å². The first-order chi connectivity index (χ1) is 25.4. The van der Waals surface area contributed by atoms with Crippen molar-refractivity contribution in [2.24, 2.45) is 5.92 Å². The molecule has 1 aliphatic heterocycles. The lowest BCUT2D eigenvalue weighted by Crippen LogP contribution is -2.37. The number of allylic oxidation sites excluding steroid dienone is 2. The minimum Gasteiger partial charge on any atom is -0.493 e. The highest BCUT2D eigenvalue weighted by Gasteiger charge is 2.34. The molecule has 1 unspecified atom stereocenters. The standard InChI is InChI=1S/C43H51ClN4O3S/c1-50-38-25-31-14-18-48(43(30-10-4-3-5-11-30)35(31)27-39(38)51-2)17-8-19-52-20-15-40(49)46-16-7-6-9-28-21-29-23-32(22-28)41-37(24-29)47-36-26-33(44)12-13-34(36)42(41)45/h3-5,10-13,21,25-27,29,32,43H,6-9,14-20,22-24H2,1-2H3,(H2,45,47)(H,46,49)/t29-,32-,43?/m1/s1. The fourth-order valence-electron chi connectivity index (χ4n) is 8.67. The molecular weight excluding hydrogens is 688 g/mol. The number of aromatic nitrogens is 1. The number of unbranched alkanes of at least 4 members (excludes halogenated alkanes) is 1. The van der Waals surface area contributed by atoms with Crippen LogP contribution in [0.3, 0.4) is 0 Å². The van der Waals surface area contributed by atoms with Crippen molar-refractivity contribution >= 4 is 45.9 Å². The molecule has 3 aromatic carbocycles. The Bertz CT molecular complexity index is 1920. The van der Waals surface area contributed by atoms with E-state index in [9.17, 15) is 4.79 Å². The summed E-state index contributed by atoms with van der Waals surface area (Å²) >= 11 is 8.12. The van der Waals surface area contributed by atoms with Crippen LogP contribution in [-0.4, -0.2) is 61.2 Å². The molecule has 9 heteroatoms. The van der Waals surface area contributed by atoms with Gasteiger partial charge in [0.1, 0.15) is 0 Å². The second kappa shape index (κ2) is 17.0. The van der Waals surface area contributed by atoms with Gasteiger partial charge in [0.25, 0.3) is 0 Å². The van der Waals surface area contributed by atoms with Crippen LogP contribution in [0.25, 0.3) is 10.9 Å². The predicted octanol–water partition coefficient (Wildman–Crippen LogP) is 8.91. The summed E-state index contributed by atoms with van der Waals surface area (Å²) in [7, 11) is 3.40. The Morgan fingerprint density at radius 3 is 2.67 bits per heavy atom. The zero-order chi connectivity index (χ0) is 36.0. The largest absolute Gasteiger partial charge is 0.493 e. The molecule has 0 radical (unpaired) electrons. The number of anilines is 1. The third-order valence-corrected chi connectivity index (χ3v) is 12.4. The van der Waals surface area contributed by atoms with Crippen molar-refractivity contribution in [3.63, 3.8) is 0 Å². The van der Waals surface area contributed by atoms with Gasteiger partial charge in [-0.05, 0) is 123 Å². The number of fused-ring (bicyclic) bond motifs is 6. The van der Waals surface area contributed by atoms with Crippen LogP contribution in [0, 0.1) is 5.92 Å². The van der Waals surface area contributed by atoms with E-state index in [0.29, 0.717) is 23.3 Å². The van der Waals surface area contributed by atoms with Crippen LogP contribution >= 0.6 is 23.4 Å². The van der Waals surface area contributed by atoms with Crippen LogP contribution in [0.5, 0.6) is 11.5 Å². The summed E-state index contributed by atoms with van der Waals surface area (Å²) in [6, 6.07) is 21.1. The van der Waals surface area contributed by atoms with Crippen LogP contribution in [0.15, 0.2) is 72.3 Å². The van der Waals surface area contributed by atoms with Crippen molar-refractivity contribution in [2.45, 2.75) is 69.7 Å². The second-order valence-electron chi connectivity index (χ2n) is 14.5. The van der Waals surface area contributed by atoms with E-state index in [1.165, 1.54) is 27.8 Å². The number of hydrogen-bond acceptors (Lipinski definition) is 7. The summed E-state index contributed by atoms with van der Waals surface area (Å²) < 4.78 is 11.3. The Hall–Kier alpha value is -3.72. The monoisotopic (exact) mass is 738 g/mol. The predicted molar refractivity (Wildman–Crippen MR) is 215 cm³/mol. The zero-order valence-corrected chi connectivity index (χ0v) is 32.0. The quantitative estimate of drug-likeness (QED) is 0.0930. The molecule has 3 N–H and O–H groups in total. The van der Waals surface area contributed by atoms with Crippen LogP contribution in [-0.2, 0) is 17.6 Å². The Balaban J connectivity index is 0.808. The summed E-state index contributed by atoms with van der Waals surface area (Å²) in [5, 5.41) is 4.87. The number of carbonyl (C=O) groups is 1. The lowest BCUT2D eigenvalue weighted by atomic mass is 9.70. The van der Waals surface area contributed by atoms with Crippen LogP contribution in [0.1, 0.15) is 84.9 Å². The van der Waals surface area contributed by atoms with Gasteiger partial charge in [-0.15, -0.1) is 0 Å². The van der Waals surface area contributed by atoms with Gasteiger partial charge in [0, 0.05) is 52.6 Å². The number of ether oxygens (including phenoxy) is 2. The molecule has 0 spiro atoms. The highest BCUT2D eigenvalue weighted by molar-refractivity contribution is 7.99. The van der Waals surface area contributed by atoms with Gasteiger partial charge in [-0.3, -0.25) is 14.7 Å². The van der Waals surface area contributed by atoms with Gasteiger partial charge in [0.15, 0.2) is 11.5 Å². The molecule has 2 aliphatic carbocycles. The van der Waals surface area contributed by atoms with Crippen molar-refractivity contribution in [3.05, 3.63) is 105 Å². The summed E-state index contributed by atoms with van der Waals surface area (Å²) in [5.41, 5.74) is 16.4. The van der Waals surface area contributed by atoms with E-state index < -0.39 is 0 Å². The first-order valence-corrected chi connectivity index (χ1v) is 20.4. The highest BCUT2D eigenvalue weighted by atomic mass is 35.5. The fourth-order valence-corrected chi connectivity index (χ4v) is 9.70. The molecule has 7 nitrogen and oxygen atoms in total. The number of carbonyl (C=O) groups excluding carboxylic acids is 1. The van der Waals surface area contributed by atoms with Crippen LogP contribution in [0.4, 0.5) is 5.69 Å². The molecular formula is C43H51ClN4O3S. The molecule has 4 aromatic rings. The van der Waals surface area contributed by atoms with Crippen LogP contribution in [0.2, 0.25) is 5.02 Å². The van der Waals surface area contributed by atoms with E-state index >= 15 is 0 Å². The SMILES string of the molecule is COc1cc2c(cc1OC)C(c1ccccc1)N(CCCSCCC(=O)NCCCCC1=C[C@H]3Cc4nc5cc(Cl)ccc5c(N)c4[C@H](C1)C3)CC2. The Morgan fingerprint density at radius 1 is 1.02 bits per heavy atom. The van der Waals surface area contributed by atoms with E-state index in [0.717, 1.165) is 116 Å². The minimum atomic E-state index is 0.160. The third kappa shape index (κ3) is 8.24. The molecule has 0 saturated heterocycles. The average molecular weight is 739 g/mol. The van der Waals surface area contributed by atoms with Crippen molar-refractivity contribution < 1.29 is 14.3 Å². The number of thioether (sulfide) groups is 1. The Labute approximate surface area is 317 Å². The first kappa shape index (κ1) is 36.6. The number of halogens is 1. The molecule has 7 rings (SSSR count). The number of nitrogens with zero attached hydrogens (tertiary/aromatic N) is 2. The maximum Gasteiger partial charge on any atom is 0.220 e. The van der Waals surface area contributed by atoms with Gasteiger partial charge in [0.05, 0.1) is 25.8 Å². The number of methoxy groups -OCH3 is 2. The van der Waals surface area contributed by atoms with E-state index in [-0.39, 0.29) is 11.9 Å². The van der Waals surface area contributed by atoms with Crippen molar-refractivity contribution in [1.29, 1.82) is 0 Å². The number of benzene rings is 3. The molecule has 1 aromatic heterocycles. The lowest BCUT2D eigenvalue weighted by molar-refractivity contribution is -0.120. The molecule has 3 atom stereocenters. The van der Waals surface area contributed by atoms with Gasteiger partial charge in [-0.1, -0.05) is 53.6 Å². The minimum absolute atomic E-state index is 0.160. The smallest absolute Gasteiger partial charge is 0.220 e. The Kier molecular flexibility index (Phi) is 11.9. The van der Waals surface area contributed by atoms with E-state index in [1.807, 2.05) is 30.0 Å². The van der Waals surface area contributed by atoms with Crippen LogP contribution < -0.4 is 20.5 Å². The van der Waals surface area contributed by atoms with Crippen molar-refractivity contribution in [1.82, 2.24) is 15.2 Å². The molecule has 0 saturated carbocycles. The van der Waals surface area contributed by atoms with Gasteiger partial charge < -0.3 is 20.5 Å². The summed E-state index contributed by atoms with van der Waals surface area (Å²) in [6.45, 7) is 2.75. The topological polar surface area (TPSA) is 89.7 Å². The number of rotatable bonds is 15. The first-order valence-electron chi connectivity index (χ1n) is 18.9. The molecule has 1 amide bonds. The van der Waals surface area contributed by atoms with Gasteiger partial charge in [0.2, 0.25) is 5.91 Å². The molecule has 3 aliphatic rings. The zero-order valence-electron chi connectivity index (χ0n) is 30.5. The van der Waals surface area contributed by atoms with Gasteiger partial charge in [-0.25, -0.2) is 0 Å². The number of pyridine rings is 1. The number of nitrogens with one attached hydrogen (secondary N) is 1. The maximum atomic E-state index is 12.6. The second-order valence-corrected chi connectivity index (χ2v) is 16.2. The van der Waals surface area contributed by atoms with E-state index in [2.05, 4.69) is 58.8 Å². The molecule has 2 bridgehead atoms. The average Bonchev–Trinajstić information content (AvgIpc) is 3.15. The molecule has 2 heterocycles. The lowest BCUT2D eigenvalue weighted by Gasteiger charge is -2.38.